The van der Waals surface area contributed by atoms with E-state index in [0.29, 0.717) is 11.1 Å². The number of fused-ring (bicyclic) bond motifs is 1. The standard InChI is InChI=1S/C13H14N4O4/c14-11(18)4-3-9(13(20)21)16-12(19)7-1-2-8-6-15-17-10(8)5-7/h1-2,5-6,9H,3-4H2,(H2,14,18)(H,15,17)(H,16,19)(H,20,21)/t9-/m1/s1. The van der Waals surface area contributed by atoms with E-state index in [0.717, 1.165) is 5.39 Å². The molecule has 0 aliphatic carbocycles. The minimum absolute atomic E-state index is 0.0529. The van der Waals surface area contributed by atoms with Gasteiger partial charge in [-0.05, 0) is 18.6 Å². The second kappa shape index (κ2) is 6.04. The topological polar surface area (TPSA) is 138 Å². The summed E-state index contributed by atoms with van der Waals surface area (Å²) in [5.41, 5.74) is 5.95. The lowest BCUT2D eigenvalue weighted by molar-refractivity contribution is -0.139. The fourth-order valence-electron chi connectivity index (χ4n) is 1.86. The number of nitrogens with zero attached hydrogens (tertiary/aromatic N) is 1. The molecule has 1 heterocycles. The molecule has 2 rings (SSSR count). The monoisotopic (exact) mass is 290 g/mol. The number of rotatable bonds is 6. The SMILES string of the molecule is NC(=O)CC[C@@H](NC(=O)c1ccc2cn[nH]c2c1)C(=O)O. The number of aromatic amines is 1. The molecule has 1 aromatic heterocycles. The zero-order valence-electron chi connectivity index (χ0n) is 11.0. The highest BCUT2D eigenvalue weighted by Crippen LogP contribution is 2.13. The van der Waals surface area contributed by atoms with Gasteiger partial charge in [0.1, 0.15) is 6.04 Å². The van der Waals surface area contributed by atoms with Crippen LogP contribution in [0.15, 0.2) is 24.4 Å². The lowest BCUT2D eigenvalue weighted by atomic mass is 10.1. The highest BCUT2D eigenvalue weighted by molar-refractivity contribution is 5.99. The van der Waals surface area contributed by atoms with Crippen molar-refractivity contribution in [3.63, 3.8) is 0 Å². The molecule has 5 N–H and O–H groups in total. The number of H-pyrrole nitrogens is 1. The maximum atomic E-state index is 12.0. The Morgan fingerprint density at radius 2 is 2.14 bits per heavy atom. The predicted octanol–water partition coefficient (Wildman–Crippen LogP) is 0.0114. The molecule has 0 unspecified atom stereocenters. The summed E-state index contributed by atoms with van der Waals surface area (Å²) < 4.78 is 0. The van der Waals surface area contributed by atoms with Gasteiger partial charge in [0, 0.05) is 17.4 Å². The van der Waals surface area contributed by atoms with E-state index in [9.17, 15) is 14.4 Å². The van der Waals surface area contributed by atoms with E-state index in [-0.39, 0.29) is 12.8 Å². The van der Waals surface area contributed by atoms with Gasteiger partial charge in [-0.15, -0.1) is 0 Å². The number of amides is 2. The number of nitrogens with two attached hydrogens (primary N) is 1. The minimum Gasteiger partial charge on any atom is -0.480 e. The first-order chi connectivity index (χ1) is 9.97. The Morgan fingerprint density at radius 1 is 1.38 bits per heavy atom. The summed E-state index contributed by atoms with van der Waals surface area (Å²) in [6.45, 7) is 0. The Hall–Kier alpha value is -2.90. The molecule has 0 spiro atoms. The van der Waals surface area contributed by atoms with Crippen molar-refractivity contribution < 1.29 is 19.5 Å². The Balaban J connectivity index is 2.10. The van der Waals surface area contributed by atoms with Gasteiger partial charge in [-0.3, -0.25) is 14.7 Å². The third-order valence-corrected chi connectivity index (χ3v) is 2.99. The zero-order chi connectivity index (χ0) is 15.4. The van der Waals surface area contributed by atoms with Crippen molar-refractivity contribution in [3.05, 3.63) is 30.0 Å². The van der Waals surface area contributed by atoms with Crippen molar-refractivity contribution in [1.29, 1.82) is 0 Å². The highest BCUT2D eigenvalue weighted by Gasteiger charge is 2.21. The van der Waals surface area contributed by atoms with Crippen molar-refractivity contribution in [3.8, 4) is 0 Å². The lowest BCUT2D eigenvalue weighted by Gasteiger charge is -2.13. The molecular formula is C13H14N4O4. The highest BCUT2D eigenvalue weighted by atomic mass is 16.4. The van der Waals surface area contributed by atoms with E-state index in [1.807, 2.05) is 0 Å². The Bertz CT molecular complexity index is 694. The Kier molecular flexibility index (Phi) is 4.17. The third-order valence-electron chi connectivity index (χ3n) is 2.99. The first-order valence-corrected chi connectivity index (χ1v) is 6.22. The summed E-state index contributed by atoms with van der Waals surface area (Å²) in [7, 11) is 0. The van der Waals surface area contributed by atoms with Gasteiger partial charge < -0.3 is 16.2 Å². The van der Waals surface area contributed by atoms with Gasteiger partial charge >= 0.3 is 5.97 Å². The average molecular weight is 290 g/mol. The molecule has 2 aromatic rings. The van der Waals surface area contributed by atoms with Crippen molar-refractivity contribution in [2.75, 3.05) is 0 Å². The lowest BCUT2D eigenvalue weighted by Crippen LogP contribution is -2.41. The number of aromatic nitrogens is 2. The molecule has 0 fully saturated rings. The number of benzene rings is 1. The first kappa shape index (κ1) is 14.5. The number of primary amides is 1. The van der Waals surface area contributed by atoms with Crippen LogP contribution in [0.3, 0.4) is 0 Å². The van der Waals surface area contributed by atoms with E-state index in [1.165, 1.54) is 0 Å². The van der Waals surface area contributed by atoms with Crippen LogP contribution in [-0.4, -0.2) is 39.1 Å². The van der Waals surface area contributed by atoms with Crippen molar-refractivity contribution in [1.82, 2.24) is 15.5 Å². The van der Waals surface area contributed by atoms with Crippen LogP contribution in [0, 0.1) is 0 Å². The van der Waals surface area contributed by atoms with Gasteiger partial charge in [-0.25, -0.2) is 4.79 Å². The molecule has 0 radical (unpaired) electrons. The summed E-state index contributed by atoms with van der Waals surface area (Å²) >= 11 is 0. The number of nitrogens with one attached hydrogen (secondary N) is 2. The molecule has 110 valence electrons. The molecule has 0 aliphatic heterocycles. The minimum atomic E-state index is -1.22. The van der Waals surface area contributed by atoms with Crippen LogP contribution in [0.4, 0.5) is 0 Å². The zero-order valence-corrected chi connectivity index (χ0v) is 11.0. The molecule has 0 saturated heterocycles. The number of carbonyl (C=O) groups excluding carboxylic acids is 2. The van der Waals surface area contributed by atoms with Gasteiger partial charge in [-0.1, -0.05) is 6.07 Å². The fourth-order valence-corrected chi connectivity index (χ4v) is 1.86. The van der Waals surface area contributed by atoms with E-state index in [1.54, 1.807) is 24.4 Å². The number of carbonyl (C=O) groups is 3. The van der Waals surface area contributed by atoms with Gasteiger partial charge in [0.25, 0.3) is 5.91 Å². The number of carboxylic acids is 1. The number of carboxylic acid groups (broad SMARTS) is 1. The predicted molar refractivity (Wildman–Crippen MR) is 73.4 cm³/mol. The molecule has 1 atom stereocenters. The summed E-state index contributed by atoms with van der Waals surface area (Å²) in [5, 5.41) is 18.8. The van der Waals surface area contributed by atoms with Crippen molar-refractivity contribution in [2.45, 2.75) is 18.9 Å². The Morgan fingerprint density at radius 3 is 2.81 bits per heavy atom. The molecule has 0 aliphatic rings. The van der Waals surface area contributed by atoms with E-state index < -0.39 is 23.8 Å². The summed E-state index contributed by atoms with van der Waals surface area (Å²) in [6, 6.07) is 3.68. The maximum absolute atomic E-state index is 12.0. The Labute approximate surface area is 119 Å². The maximum Gasteiger partial charge on any atom is 0.326 e. The number of hydrogen-bond donors (Lipinski definition) is 4. The van der Waals surface area contributed by atoms with E-state index >= 15 is 0 Å². The third kappa shape index (κ3) is 3.56. The summed E-state index contributed by atoms with van der Waals surface area (Å²) in [6.07, 6.45) is 1.45. The van der Waals surface area contributed by atoms with Crippen LogP contribution in [0.25, 0.3) is 10.9 Å². The van der Waals surface area contributed by atoms with Crippen LogP contribution in [0.1, 0.15) is 23.2 Å². The second-order valence-corrected chi connectivity index (χ2v) is 4.54. The van der Waals surface area contributed by atoms with Gasteiger partial charge in [0.2, 0.25) is 5.91 Å². The van der Waals surface area contributed by atoms with Crippen LogP contribution < -0.4 is 11.1 Å². The van der Waals surface area contributed by atoms with Crippen LogP contribution in [-0.2, 0) is 9.59 Å². The van der Waals surface area contributed by atoms with Crippen molar-refractivity contribution in [2.24, 2.45) is 5.73 Å². The number of hydrogen-bond acceptors (Lipinski definition) is 4. The van der Waals surface area contributed by atoms with Gasteiger partial charge in [0.05, 0.1) is 11.7 Å². The normalized spacial score (nSPS) is 12.0. The number of aliphatic carboxylic acids is 1. The van der Waals surface area contributed by atoms with Crippen LogP contribution >= 0.6 is 0 Å². The fraction of sp³-hybridized carbons (Fsp3) is 0.231. The van der Waals surface area contributed by atoms with Crippen LogP contribution in [0.5, 0.6) is 0 Å². The summed E-state index contributed by atoms with van der Waals surface area (Å²) in [5.74, 6) is -2.37. The summed E-state index contributed by atoms with van der Waals surface area (Å²) in [4.78, 5) is 33.8. The van der Waals surface area contributed by atoms with Crippen molar-refractivity contribution >= 4 is 28.7 Å². The first-order valence-electron chi connectivity index (χ1n) is 6.22. The smallest absolute Gasteiger partial charge is 0.326 e. The van der Waals surface area contributed by atoms with E-state index in [2.05, 4.69) is 15.5 Å². The largest absolute Gasteiger partial charge is 0.480 e. The molecular weight excluding hydrogens is 276 g/mol. The second-order valence-electron chi connectivity index (χ2n) is 4.54. The molecule has 1 aromatic carbocycles. The molecule has 21 heavy (non-hydrogen) atoms. The molecule has 2 amide bonds. The quantitative estimate of drug-likeness (QED) is 0.593. The molecule has 8 nitrogen and oxygen atoms in total. The van der Waals surface area contributed by atoms with Gasteiger partial charge in [-0.2, -0.15) is 5.10 Å². The molecule has 8 heteroatoms. The van der Waals surface area contributed by atoms with E-state index in [4.69, 9.17) is 10.8 Å². The van der Waals surface area contributed by atoms with Gasteiger partial charge in [0.15, 0.2) is 0 Å². The molecule has 0 saturated carbocycles. The van der Waals surface area contributed by atoms with Crippen LogP contribution in [0.2, 0.25) is 0 Å². The molecule has 0 bridgehead atoms. The average Bonchev–Trinajstić information content (AvgIpc) is 2.89.